The first-order valence-electron chi connectivity index (χ1n) is 9.30. The minimum atomic E-state index is -0.418. The largest absolute Gasteiger partial charge is 0.423 e. The molecule has 0 heterocycles. The fourth-order valence-electron chi connectivity index (χ4n) is 2.35. The summed E-state index contributed by atoms with van der Waals surface area (Å²) in [5, 5.41) is 0. The molecule has 1 rings (SSSR count). The van der Waals surface area contributed by atoms with Gasteiger partial charge in [0.25, 0.3) is 0 Å². The van der Waals surface area contributed by atoms with Gasteiger partial charge < -0.3 is 15.2 Å². The SMILES string of the molecule is CCCCCC(=O)Oc1ccc(C(=O)CN)cc1OC(=O)CCCCC.Cl. The minimum absolute atomic E-state index is 0. The first kappa shape index (κ1) is 25.1. The number of hydrogen-bond acceptors (Lipinski definition) is 6. The van der Waals surface area contributed by atoms with E-state index in [9.17, 15) is 14.4 Å². The summed E-state index contributed by atoms with van der Waals surface area (Å²) in [5.74, 6) is -0.869. The van der Waals surface area contributed by atoms with E-state index in [1.54, 1.807) is 0 Å². The van der Waals surface area contributed by atoms with Crippen molar-refractivity contribution in [2.45, 2.75) is 65.2 Å². The van der Waals surface area contributed by atoms with Crippen LogP contribution in [-0.4, -0.2) is 24.3 Å². The smallest absolute Gasteiger partial charge is 0.311 e. The number of Topliss-reactive ketones (excluding diaryl/α,β-unsaturated/α-hetero) is 1. The van der Waals surface area contributed by atoms with Crippen molar-refractivity contribution in [2.75, 3.05) is 6.54 Å². The van der Waals surface area contributed by atoms with Gasteiger partial charge in [-0.25, -0.2) is 0 Å². The number of unbranched alkanes of at least 4 members (excludes halogenated alkanes) is 4. The molecular weight excluding hydrogens is 370 g/mol. The number of rotatable bonds is 12. The monoisotopic (exact) mass is 399 g/mol. The van der Waals surface area contributed by atoms with Crippen molar-refractivity contribution in [1.82, 2.24) is 0 Å². The summed E-state index contributed by atoms with van der Waals surface area (Å²) in [4.78, 5) is 35.8. The van der Waals surface area contributed by atoms with Gasteiger partial charge in [-0.3, -0.25) is 14.4 Å². The van der Waals surface area contributed by atoms with Crippen LogP contribution in [0.15, 0.2) is 18.2 Å². The molecule has 0 aliphatic carbocycles. The molecule has 152 valence electrons. The van der Waals surface area contributed by atoms with Gasteiger partial charge in [0.05, 0.1) is 6.54 Å². The van der Waals surface area contributed by atoms with Gasteiger partial charge in [0.15, 0.2) is 17.3 Å². The van der Waals surface area contributed by atoms with E-state index in [0.29, 0.717) is 12.0 Å². The molecular formula is C20H30ClNO5. The first-order valence-corrected chi connectivity index (χ1v) is 9.30. The number of carbonyl (C=O) groups is 3. The second kappa shape index (κ2) is 14.2. The maximum Gasteiger partial charge on any atom is 0.311 e. The number of halogens is 1. The highest BCUT2D eigenvalue weighted by molar-refractivity contribution is 5.98. The predicted octanol–water partition coefficient (Wildman–Crippen LogP) is 4.22. The van der Waals surface area contributed by atoms with Gasteiger partial charge >= 0.3 is 11.9 Å². The van der Waals surface area contributed by atoms with Crippen LogP contribution in [0.4, 0.5) is 0 Å². The number of benzene rings is 1. The number of esters is 2. The van der Waals surface area contributed by atoms with Crippen molar-refractivity contribution in [3.8, 4) is 11.5 Å². The molecule has 1 aromatic rings. The Morgan fingerprint density at radius 2 is 1.37 bits per heavy atom. The molecule has 0 spiro atoms. The van der Waals surface area contributed by atoms with Crippen molar-refractivity contribution in [1.29, 1.82) is 0 Å². The lowest BCUT2D eigenvalue weighted by atomic mass is 10.1. The molecule has 0 bridgehead atoms. The molecule has 0 saturated carbocycles. The van der Waals surface area contributed by atoms with Gasteiger partial charge in [-0.15, -0.1) is 12.4 Å². The summed E-state index contributed by atoms with van der Waals surface area (Å²) in [5.41, 5.74) is 5.70. The molecule has 27 heavy (non-hydrogen) atoms. The van der Waals surface area contributed by atoms with Crippen LogP contribution in [0, 0.1) is 0 Å². The second-order valence-corrected chi connectivity index (χ2v) is 6.15. The third-order valence-corrected chi connectivity index (χ3v) is 3.87. The molecule has 0 saturated heterocycles. The van der Waals surface area contributed by atoms with Crippen LogP contribution in [0.2, 0.25) is 0 Å². The Balaban J connectivity index is 0.00000676. The summed E-state index contributed by atoms with van der Waals surface area (Å²) in [6.45, 7) is 3.94. The van der Waals surface area contributed by atoms with Crippen LogP contribution in [-0.2, 0) is 9.59 Å². The fourth-order valence-corrected chi connectivity index (χ4v) is 2.35. The normalized spacial score (nSPS) is 10.0. The molecule has 0 aliphatic rings. The van der Waals surface area contributed by atoms with E-state index in [4.69, 9.17) is 15.2 Å². The number of ketones is 1. The van der Waals surface area contributed by atoms with E-state index in [-0.39, 0.29) is 48.6 Å². The zero-order valence-corrected chi connectivity index (χ0v) is 16.9. The fraction of sp³-hybridized carbons (Fsp3) is 0.550. The van der Waals surface area contributed by atoms with Gasteiger partial charge in [0.1, 0.15) is 0 Å². The van der Waals surface area contributed by atoms with Crippen molar-refractivity contribution in [3.05, 3.63) is 23.8 Å². The van der Waals surface area contributed by atoms with E-state index in [0.717, 1.165) is 38.5 Å². The highest BCUT2D eigenvalue weighted by atomic mass is 35.5. The lowest BCUT2D eigenvalue weighted by Gasteiger charge is -2.12. The zero-order chi connectivity index (χ0) is 19.4. The van der Waals surface area contributed by atoms with Crippen molar-refractivity contribution in [3.63, 3.8) is 0 Å². The number of ether oxygens (including phenoxy) is 2. The van der Waals surface area contributed by atoms with Gasteiger partial charge in [0.2, 0.25) is 0 Å². The van der Waals surface area contributed by atoms with Crippen molar-refractivity contribution in [2.24, 2.45) is 5.73 Å². The predicted molar refractivity (Wildman–Crippen MR) is 107 cm³/mol. The highest BCUT2D eigenvalue weighted by Gasteiger charge is 2.16. The molecule has 0 atom stereocenters. The van der Waals surface area contributed by atoms with Crippen LogP contribution in [0.25, 0.3) is 0 Å². The second-order valence-electron chi connectivity index (χ2n) is 6.15. The maximum absolute atomic E-state index is 12.0. The van der Waals surface area contributed by atoms with Gasteiger partial charge in [0, 0.05) is 18.4 Å². The Labute approximate surface area is 167 Å². The van der Waals surface area contributed by atoms with Crippen LogP contribution >= 0.6 is 12.4 Å². The lowest BCUT2D eigenvalue weighted by molar-refractivity contribution is -0.137. The van der Waals surface area contributed by atoms with Crippen molar-refractivity contribution < 1.29 is 23.9 Å². The van der Waals surface area contributed by atoms with Crippen LogP contribution < -0.4 is 15.2 Å². The molecule has 2 N–H and O–H groups in total. The summed E-state index contributed by atoms with van der Waals surface area (Å²) in [7, 11) is 0. The number of hydrogen-bond donors (Lipinski definition) is 1. The van der Waals surface area contributed by atoms with Gasteiger partial charge in [-0.1, -0.05) is 39.5 Å². The van der Waals surface area contributed by atoms with Crippen LogP contribution in [0.1, 0.15) is 75.6 Å². The third-order valence-electron chi connectivity index (χ3n) is 3.87. The Kier molecular flexibility index (Phi) is 13.2. The molecule has 1 aromatic carbocycles. The number of carbonyl (C=O) groups excluding carboxylic acids is 3. The van der Waals surface area contributed by atoms with Crippen molar-refractivity contribution >= 4 is 30.1 Å². The quantitative estimate of drug-likeness (QED) is 0.244. The standard InChI is InChI=1S/C20H29NO5.ClH/c1-3-5-7-9-19(23)25-17-12-11-15(16(22)14-21)13-18(17)26-20(24)10-8-6-4-2;/h11-13H,3-10,14,21H2,1-2H3;1H. The Morgan fingerprint density at radius 3 is 1.85 bits per heavy atom. The molecule has 0 amide bonds. The summed E-state index contributed by atoms with van der Waals surface area (Å²) in [6, 6.07) is 4.38. The highest BCUT2D eigenvalue weighted by Crippen LogP contribution is 2.30. The maximum atomic E-state index is 12.0. The Morgan fingerprint density at radius 1 is 0.852 bits per heavy atom. The molecule has 0 aliphatic heterocycles. The van der Waals surface area contributed by atoms with E-state index < -0.39 is 5.97 Å². The van der Waals surface area contributed by atoms with Gasteiger partial charge in [-0.05, 0) is 31.0 Å². The third kappa shape index (κ3) is 9.54. The number of nitrogens with two attached hydrogens (primary N) is 1. The Hall–Kier alpha value is -1.92. The van der Waals surface area contributed by atoms with Crippen LogP contribution in [0.3, 0.4) is 0 Å². The topological polar surface area (TPSA) is 95.7 Å². The summed E-state index contributed by atoms with van der Waals surface area (Å²) in [6.07, 6.45) is 5.90. The molecule has 0 unspecified atom stereocenters. The van der Waals surface area contributed by atoms with E-state index >= 15 is 0 Å². The first-order chi connectivity index (χ1) is 12.5. The zero-order valence-electron chi connectivity index (χ0n) is 16.1. The average molecular weight is 400 g/mol. The van der Waals surface area contributed by atoms with E-state index in [2.05, 4.69) is 6.92 Å². The molecule has 0 fully saturated rings. The van der Waals surface area contributed by atoms with Crippen LogP contribution in [0.5, 0.6) is 11.5 Å². The average Bonchev–Trinajstić information content (AvgIpc) is 2.63. The summed E-state index contributed by atoms with van der Waals surface area (Å²) >= 11 is 0. The van der Waals surface area contributed by atoms with Gasteiger partial charge in [-0.2, -0.15) is 0 Å². The molecule has 6 nitrogen and oxygen atoms in total. The molecule has 7 heteroatoms. The Bertz CT molecular complexity index is 618. The van der Waals surface area contributed by atoms with E-state index in [1.165, 1.54) is 18.2 Å². The molecule has 0 aromatic heterocycles. The lowest BCUT2D eigenvalue weighted by Crippen LogP contribution is -2.15. The minimum Gasteiger partial charge on any atom is -0.423 e. The molecule has 0 radical (unpaired) electrons. The van der Waals surface area contributed by atoms with E-state index in [1.807, 2.05) is 6.92 Å². The summed E-state index contributed by atoms with van der Waals surface area (Å²) < 4.78 is 10.7.